The van der Waals surface area contributed by atoms with Gasteiger partial charge in [-0.2, -0.15) is 0 Å². The van der Waals surface area contributed by atoms with Gasteiger partial charge in [-0.1, -0.05) is 15.9 Å². The topological polar surface area (TPSA) is 12.5 Å². The summed E-state index contributed by atoms with van der Waals surface area (Å²) in [7, 11) is 0. The molecule has 2 nitrogen and oxygen atoms in total. The van der Waals surface area contributed by atoms with E-state index in [2.05, 4.69) is 39.0 Å². The molecule has 0 N–H and O–H groups in total. The van der Waals surface area contributed by atoms with Crippen LogP contribution >= 0.6 is 15.9 Å². The molecule has 2 atom stereocenters. The van der Waals surface area contributed by atoms with Gasteiger partial charge in [0.05, 0.1) is 0 Å². The Morgan fingerprint density at radius 1 is 1.33 bits per heavy atom. The number of rotatable bonds is 0. The second-order valence-electron chi connectivity index (χ2n) is 6.00. The third-order valence-corrected chi connectivity index (χ3v) is 5.32. The van der Waals surface area contributed by atoms with E-state index in [-0.39, 0.29) is 5.60 Å². The number of halogens is 1. The van der Waals surface area contributed by atoms with Gasteiger partial charge >= 0.3 is 0 Å². The van der Waals surface area contributed by atoms with Crippen LogP contribution in [0.25, 0.3) is 0 Å². The summed E-state index contributed by atoms with van der Waals surface area (Å²) in [5.41, 5.74) is 1.49. The molecule has 3 aliphatic heterocycles. The number of piperidine rings is 1. The van der Waals surface area contributed by atoms with Gasteiger partial charge in [-0.3, -0.25) is 0 Å². The van der Waals surface area contributed by atoms with E-state index in [4.69, 9.17) is 4.74 Å². The summed E-state index contributed by atoms with van der Waals surface area (Å²) in [6, 6.07) is 7.21. The molecular weight excluding hydrogens is 290 g/mol. The molecule has 1 spiro atoms. The summed E-state index contributed by atoms with van der Waals surface area (Å²) < 4.78 is 7.52. The molecule has 0 aliphatic carbocycles. The molecule has 18 heavy (non-hydrogen) atoms. The summed E-state index contributed by atoms with van der Waals surface area (Å²) in [6.45, 7) is 2.53. The van der Waals surface area contributed by atoms with Crippen molar-refractivity contribution in [1.29, 1.82) is 0 Å². The third-order valence-electron chi connectivity index (χ3n) is 4.82. The van der Waals surface area contributed by atoms with Crippen molar-refractivity contribution in [2.24, 2.45) is 0 Å². The lowest BCUT2D eigenvalue weighted by molar-refractivity contribution is 0.00195. The first-order valence-electron chi connectivity index (χ1n) is 6.96. The monoisotopic (exact) mass is 307 g/mol. The highest BCUT2D eigenvalue weighted by Crippen LogP contribution is 2.45. The molecule has 2 fully saturated rings. The molecule has 3 heteroatoms. The number of nitrogens with zero attached hydrogens (tertiary/aromatic N) is 1. The maximum atomic E-state index is 6.35. The highest BCUT2D eigenvalue weighted by molar-refractivity contribution is 9.10. The quantitative estimate of drug-likeness (QED) is 0.728. The van der Waals surface area contributed by atoms with Crippen molar-refractivity contribution >= 4 is 15.9 Å². The lowest BCUT2D eigenvalue weighted by atomic mass is 9.83. The Morgan fingerprint density at radius 2 is 2.28 bits per heavy atom. The highest BCUT2D eigenvalue weighted by Gasteiger charge is 2.46. The molecular formula is C15H18BrNO. The van der Waals surface area contributed by atoms with E-state index in [0.29, 0.717) is 0 Å². The van der Waals surface area contributed by atoms with Crippen molar-refractivity contribution in [1.82, 2.24) is 4.90 Å². The van der Waals surface area contributed by atoms with Gasteiger partial charge in [-0.15, -0.1) is 0 Å². The molecule has 96 valence electrons. The van der Waals surface area contributed by atoms with Crippen molar-refractivity contribution in [2.45, 2.75) is 43.7 Å². The zero-order valence-corrected chi connectivity index (χ0v) is 12.1. The molecule has 3 heterocycles. The molecule has 1 aromatic rings. The van der Waals surface area contributed by atoms with Crippen LogP contribution in [0.5, 0.6) is 5.75 Å². The van der Waals surface area contributed by atoms with Gasteiger partial charge in [0.1, 0.15) is 11.4 Å². The van der Waals surface area contributed by atoms with Gasteiger partial charge in [0, 0.05) is 36.3 Å². The molecule has 2 unspecified atom stereocenters. The smallest absolute Gasteiger partial charge is 0.123 e. The minimum atomic E-state index is 0.106. The largest absolute Gasteiger partial charge is 0.487 e. The zero-order chi connectivity index (χ0) is 12.2. The number of hydrogen-bond acceptors (Lipinski definition) is 2. The predicted octanol–water partition coefficient (Wildman–Crippen LogP) is 3.38. The average molecular weight is 308 g/mol. The molecule has 1 aromatic carbocycles. The van der Waals surface area contributed by atoms with Crippen molar-refractivity contribution in [3.63, 3.8) is 0 Å². The molecule has 2 saturated heterocycles. The van der Waals surface area contributed by atoms with E-state index < -0.39 is 0 Å². The van der Waals surface area contributed by atoms with Crippen LogP contribution in [0, 0.1) is 0 Å². The minimum Gasteiger partial charge on any atom is -0.487 e. The van der Waals surface area contributed by atoms with E-state index in [1.165, 1.54) is 48.8 Å². The Hall–Kier alpha value is -0.540. The fourth-order valence-electron chi connectivity index (χ4n) is 3.95. The Morgan fingerprint density at radius 3 is 3.22 bits per heavy atom. The van der Waals surface area contributed by atoms with Gasteiger partial charge in [-0.05, 0) is 43.1 Å². The van der Waals surface area contributed by atoms with E-state index in [1.807, 2.05) is 0 Å². The summed E-state index contributed by atoms with van der Waals surface area (Å²) in [4.78, 5) is 2.66. The van der Waals surface area contributed by atoms with Gasteiger partial charge < -0.3 is 9.64 Å². The van der Waals surface area contributed by atoms with E-state index in [1.54, 1.807) is 0 Å². The Balaban J connectivity index is 1.60. The normalized spacial score (nSPS) is 34.4. The lowest BCUT2D eigenvalue weighted by Gasteiger charge is -2.41. The molecule has 0 aromatic heterocycles. The standard InChI is InChI=1S/C15H18BrNO/c16-12-3-4-14-11(8-12)9-15(18-14)5-7-17-6-1-2-13(17)10-15/h3-4,8,13H,1-2,5-7,9-10H2. The lowest BCUT2D eigenvalue weighted by Crippen LogP contribution is -2.50. The van der Waals surface area contributed by atoms with Crippen LogP contribution in [-0.2, 0) is 6.42 Å². The SMILES string of the molecule is Brc1ccc2c(c1)CC1(CCN3CCCC3C1)O2. The fraction of sp³-hybridized carbons (Fsp3) is 0.600. The Kier molecular flexibility index (Phi) is 2.50. The van der Waals surface area contributed by atoms with Crippen LogP contribution in [-0.4, -0.2) is 29.6 Å². The van der Waals surface area contributed by atoms with Crippen LogP contribution in [0.1, 0.15) is 31.2 Å². The van der Waals surface area contributed by atoms with Crippen molar-refractivity contribution in [3.05, 3.63) is 28.2 Å². The first-order valence-corrected chi connectivity index (χ1v) is 7.75. The molecule has 3 aliphatic rings. The van der Waals surface area contributed by atoms with Crippen LogP contribution < -0.4 is 4.74 Å². The van der Waals surface area contributed by atoms with Crippen molar-refractivity contribution in [3.8, 4) is 5.75 Å². The van der Waals surface area contributed by atoms with E-state index in [9.17, 15) is 0 Å². The second kappa shape index (κ2) is 3.97. The first kappa shape index (κ1) is 11.3. The summed E-state index contributed by atoms with van der Waals surface area (Å²) in [5, 5.41) is 0. The summed E-state index contributed by atoms with van der Waals surface area (Å²) >= 11 is 3.56. The highest BCUT2D eigenvalue weighted by atomic mass is 79.9. The number of ether oxygens (including phenoxy) is 1. The molecule has 0 radical (unpaired) electrons. The Bertz CT molecular complexity index is 489. The van der Waals surface area contributed by atoms with Crippen LogP contribution in [0.2, 0.25) is 0 Å². The first-order chi connectivity index (χ1) is 8.74. The molecule has 4 rings (SSSR count). The molecule has 0 bridgehead atoms. The Labute approximate surface area is 116 Å². The molecule has 0 saturated carbocycles. The predicted molar refractivity (Wildman–Crippen MR) is 75.0 cm³/mol. The number of hydrogen-bond donors (Lipinski definition) is 0. The summed E-state index contributed by atoms with van der Waals surface area (Å²) in [6.07, 6.45) is 6.26. The minimum absolute atomic E-state index is 0.106. The number of fused-ring (bicyclic) bond motifs is 2. The van der Waals surface area contributed by atoms with Crippen LogP contribution in [0.15, 0.2) is 22.7 Å². The average Bonchev–Trinajstić information content (AvgIpc) is 2.92. The van der Waals surface area contributed by atoms with E-state index in [0.717, 1.165) is 18.2 Å². The van der Waals surface area contributed by atoms with Gasteiger partial charge in [0.15, 0.2) is 0 Å². The van der Waals surface area contributed by atoms with Crippen molar-refractivity contribution in [2.75, 3.05) is 13.1 Å². The maximum Gasteiger partial charge on any atom is 0.123 e. The van der Waals surface area contributed by atoms with Crippen LogP contribution in [0.4, 0.5) is 0 Å². The van der Waals surface area contributed by atoms with E-state index >= 15 is 0 Å². The molecule has 0 amide bonds. The van der Waals surface area contributed by atoms with Crippen LogP contribution in [0.3, 0.4) is 0 Å². The maximum absolute atomic E-state index is 6.35. The third kappa shape index (κ3) is 1.71. The van der Waals surface area contributed by atoms with Gasteiger partial charge in [-0.25, -0.2) is 0 Å². The summed E-state index contributed by atoms with van der Waals surface area (Å²) in [5.74, 6) is 1.12. The fourth-order valence-corrected chi connectivity index (χ4v) is 4.36. The van der Waals surface area contributed by atoms with Gasteiger partial charge in [0.25, 0.3) is 0 Å². The van der Waals surface area contributed by atoms with Gasteiger partial charge in [0.2, 0.25) is 0 Å². The number of benzene rings is 1. The van der Waals surface area contributed by atoms with Crippen molar-refractivity contribution < 1.29 is 4.74 Å². The zero-order valence-electron chi connectivity index (χ0n) is 10.5. The second-order valence-corrected chi connectivity index (χ2v) is 6.92.